The van der Waals surface area contributed by atoms with Crippen LogP contribution in [0.3, 0.4) is 0 Å². The molecule has 2 heterocycles. The molecule has 57 heavy (non-hydrogen) atoms. The largest absolute Gasteiger partial charge is 0.508 e. The molecule has 4 aliphatic rings. The van der Waals surface area contributed by atoms with Gasteiger partial charge >= 0.3 is 0 Å². The van der Waals surface area contributed by atoms with Crippen LogP contribution in [-0.2, 0) is 19.2 Å². The number of carbonyl (C=O) groups is 4. The summed E-state index contributed by atoms with van der Waals surface area (Å²) in [6, 6.07) is 17.9. The average Bonchev–Trinajstić information content (AvgIpc) is 3.54. The maximum Gasteiger partial charge on any atom is 0.258 e. The van der Waals surface area contributed by atoms with Gasteiger partial charge in [-0.1, -0.05) is 29.8 Å². The number of ether oxygens (including phenoxy) is 2. The molecular formula is C40H28Cl2F5N3O7. The first-order chi connectivity index (χ1) is 27.1. The zero-order valence-electron chi connectivity index (χ0n) is 29.6. The van der Waals surface area contributed by atoms with Crippen LogP contribution in [0.25, 0.3) is 0 Å². The minimum Gasteiger partial charge on any atom is -0.508 e. The van der Waals surface area contributed by atoms with Gasteiger partial charge in [-0.3, -0.25) is 24.1 Å². The molecule has 17 heteroatoms. The number of imide groups is 2. The van der Waals surface area contributed by atoms with Crippen molar-refractivity contribution in [2.75, 3.05) is 29.3 Å². The summed E-state index contributed by atoms with van der Waals surface area (Å²) in [6.45, 7) is 0. The topological polar surface area (TPSA) is 125 Å². The minimum absolute atomic E-state index is 0.0871. The second kappa shape index (κ2) is 13.5. The van der Waals surface area contributed by atoms with Gasteiger partial charge in [-0.05, 0) is 55.2 Å². The molecule has 2 aliphatic heterocycles. The Morgan fingerprint density at radius 3 is 1.88 bits per heavy atom. The molecule has 3 fully saturated rings. The number of methoxy groups -OCH3 is 2. The number of hydrogen-bond acceptors (Lipinski definition) is 8. The van der Waals surface area contributed by atoms with E-state index in [4.69, 9.17) is 32.7 Å². The van der Waals surface area contributed by atoms with Crippen LogP contribution < -0.4 is 24.6 Å². The van der Waals surface area contributed by atoms with Crippen molar-refractivity contribution in [2.24, 2.45) is 17.8 Å². The van der Waals surface area contributed by atoms with Crippen molar-refractivity contribution in [1.29, 1.82) is 0 Å². The molecule has 294 valence electrons. The summed E-state index contributed by atoms with van der Waals surface area (Å²) in [6.07, 6.45) is 0.757. The minimum atomic E-state index is -2.83. The Balaban J connectivity index is 1.28. The van der Waals surface area contributed by atoms with E-state index in [1.54, 1.807) is 30.3 Å². The normalized spacial score (nSPS) is 26.6. The second-order valence-electron chi connectivity index (χ2n) is 14.0. The lowest BCUT2D eigenvalue weighted by Gasteiger charge is -2.51. The Labute approximate surface area is 330 Å². The third kappa shape index (κ3) is 5.27. The van der Waals surface area contributed by atoms with Gasteiger partial charge in [-0.25, -0.2) is 26.9 Å². The highest BCUT2D eigenvalue weighted by Crippen LogP contribution is 2.68. The van der Waals surface area contributed by atoms with Crippen molar-refractivity contribution in [3.63, 3.8) is 0 Å². The van der Waals surface area contributed by atoms with Crippen LogP contribution in [0.1, 0.15) is 24.3 Å². The molecule has 4 aromatic rings. The maximum absolute atomic E-state index is 15.4. The lowest BCUT2D eigenvalue weighted by atomic mass is 9.56. The lowest BCUT2D eigenvalue weighted by molar-refractivity contribution is -0.125. The molecule has 2 aliphatic carbocycles. The van der Waals surface area contributed by atoms with Crippen LogP contribution in [0.2, 0.25) is 0 Å². The third-order valence-electron chi connectivity index (χ3n) is 11.2. The molecule has 1 saturated carbocycles. The first-order valence-corrected chi connectivity index (χ1v) is 18.1. The number of amides is 4. The Kier molecular flexibility index (Phi) is 9.04. The van der Waals surface area contributed by atoms with Crippen LogP contribution in [0.5, 0.6) is 17.2 Å². The fourth-order valence-corrected chi connectivity index (χ4v) is 9.65. The van der Waals surface area contributed by atoms with E-state index in [0.29, 0.717) is 5.69 Å². The molecular weight excluding hydrogens is 800 g/mol. The fraction of sp³-hybridized carbons (Fsp3) is 0.250. The molecule has 0 aromatic heterocycles. The number of anilines is 4. The lowest BCUT2D eigenvalue weighted by Crippen LogP contribution is -2.60. The van der Waals surface area contributed by atoms with Gasteiger partial charge in [0.15, 0.2) is 33.0 Å². The number of benzene rings is 4. The van der Waals surface area contributed by atoms with Gasteiger partial charge in [0.25, 0.3) is 11.8 Å². The first-order valence-electron chi connectivity index (χ1n) is 17.3. The Morgan fingerprint density at radius 1 is 0.737 bits per heavy atom. The number of phenolic OH excluding ortho intramolecular Hbond substituents is 1. The van der Waals surface area contributed by atoms with Crippen molar-refractivity contribution in [3.8, 4) is 17.2 Å². The standard InChI is InChI=1S/C40H28Cl2F5N3O7/c1-56-24-14-20(51)15-25(57-2)27(24)28-21-12-13-22-26(36(53)49(35(22)52)19-10-8-18(9-11-19)48-17-6-4-3-5-7-17)23(21)16-39(41)37(54)50(38(55)40(28,39)42)34-32(46)30(44)29(43)31(45)33(34)47/h3-12,14-15,22-23,26,28,48,51H,13,16H2,1-2H3/t22-,23+,26-,28+,39+,40-/m0/s1. The SMILES string of the molecule is COc1cc(O)cc(OC)c1[C@H]1C2=CC[C@@H]3C(=O)N(c4ccc(Nc5ccccc5)cc4)C(=O)[C@@H]3[C@@H]2C[C@@]2(Cl)C(=O)N(c3c(F)c(F)c(F)c(F)c3F)C(=O)[C@@]12Cl. The molecule has 8 rings (SSSR count). The van der Waals surface area contributed by atoms with Gasteiger partial charge in [0.05, 0.1) is 31.7 Å². The van der Waals surface area contributed by atoms with E-state index in [1.807, 2.05) is 30.3 Å². The Hall–Kier alpha value is -5.67. The van der Waals surface area contributed by atoms with Crippen molar-refractivity contribution in [3.05, 3.63) is 113 Å². The van der Waals surface area contributed by atoms with Gasteiger partial charge in [0, 0.05) is 35.0 Å². The molecule has 2 saturated heterocycles. The highest BCUT2D eigenvalue weighted by molar-refractivity contribution is 6.58. The molecule has 4 amide bonds. The predicted octanol–water partition coefficient (Wildman–Crippen LogP) is 7.62. The van der Waals surface area contributed by atoms with Crippen LogP contribution in [-0.4, -0.2) is 52.7 Å². The van der Waals surface area contributed by atoms with E-state index in [0.717, 1.165) is 22.7 Å². The molecule has 0 spiro atoms. The summed E-state index contributed by atoms with van der Waals surface area (Å²) >= 11 is 14.5. The number of halogens is 7. The van der Waals surface area contributed by atoms with E-state index in [-0.39, 0.29) is 45.4 Å². The third-order valence-corrected chi connectivity index (χ3v) is 12.6. The summed E-state index contributed by atoms with van der Waals surface area (Å²) in [5.74, 6) is -22.9. The van der Waals surface area contributed by atoms with E-state index >= 15 is 8.78 Å². The van der Waals surface area contributed by atoms with Crippen LogP contribution in [0, 0.1) is 46.8 Å². The summed E-state index contributed by atoms with van der Waals surface area (Å²) < 4.78 is 85.3. The molecule has 0 radical (unpaired) electrons. The summed E-state index contributed by atoms with van der Waals surface area (Å²) in [5.41, 5.74) is -0.162. The summed E-state index contributed by atoms with van der Waals surface area (Å²) in [5, 5.41) is 13.7. The second-order valence-corrected chi connectivity index (χ2v) is 15.2. The van der Waals surface area contributed by atoms with Crippen LogP contribution >= 0.6 is 23.2 Å². The van der Waals surface area contributed by atoms with Gasteiger partial charge in [0.2, 0.25) is 17.6 Å². The van der Waals surface area contributed by atoms with Gasteiger partial charge < -0.3 is 19.9 Å². The van der Waals surface area contributed by atoms with E-state index in [2.05, 4.69) is 5.32 Å². The van der Waals surface area contributed by atoms with Crippen molar-refractivity contribution in [2.45, 2.75) is 28.5 Å². The molecule has 2 N–H and O–H groups in total. The van der Waals surface area contributed by atoms with Crippen LogP contribution in [0.4, 0.5) is 44.7 Å². The number of rotatable bonds is 7. The van der Waals surface area contributed by atoms with Crippen molar-refractivity contribution < 1.29 is 55.7 Å². The molecule has 4 aromatic carbocycles. The van der Waals surface area contributed by atoms with Gasteiger partial charge in [-0.2, -0.15) is 0 Å². The number of fused-ring (bicyclic) bond motifs is 4. The van der Waals surface area contributed by atoms with E-state index in [9.17, 15) is 37.5 Å². The number of hydrogen-bond donors (Lipinski definition) is 2. The molecule has 0 unspecified atom stereocenters. The van der Waals surface area contributed by atoms with E-state index in [1.165, 1.54) is 14.2 Å². The number of carbonyl (C=O) groups excluding carboxylic acids is 4. The van der Waals surface area contributed by atoms with Crippen molar-refractivity contribution >= 4 is 69.6 Å². The summed E-state index contributed by atoms with van der Waals surface area (Å²) in [7, 11) is 2.39. The summed E-state index contributed by atoms with van der Waals surface area (Å²) in [4.78, 5) is 53.0. The number of alkyl halides is 2. The zero-order chi connectivity index (χ0) is 40.9. The number of nitrogens with zero attached hydrogens (tertiary/aromatic N) is 2. The monoisotopic (exact) mass is 827 g/mol. The quantitative estimate of drug-likeness (QED) is 0.0487. The Morgan fingerprint density at radius 2 is 1.30 bits per heavy atom. The zero-order valence-corrected chi connectivity index (χ0v) is 31.1. The number of nitrogens with one attached hydrogen (secondary N) is 1. The highest BCUT2D eigenvalue weighted by Gasteiger charge is 2.77. The molecule has 0 bridgehead atoms. The van der Waals surface area contributed by atoms with Gasteiger partial charge in [0.1, 0.15) is 22.9 Å². The molecule has 6 atom stereocenters. The molecule has 10 nitrogen and oxygen atoms in total. The number of para-hydroxylation sites is 1. The number of aromatic hydroxyl groups is 1. The van der Waals surface area contributed by atoms with E-state index < -0.39 is 98.2 Å². The number of phenols is 1. The smallest absolute Gasteiger partial charge is 0.258 e. The van der Waals surface area contributed by atoms with Crippen molar-refractivity contribution in [1.82, 2.24) is 0 Å². The first kappa shape index (κ1) is 38.2. The number of allylic oxidation sites excluding steroid dienone is 2. The average molecular weight is 829 g/mol. The highest BCUT2D eigenvalue weighted by atomic mass is 35.5. The van der Waals surface area contributed by atoms with Crippen LogP contribution in [0.15, 0.2) is 78.4 Å². The van der Waals surface area contributed by atoms with Gasteiger partial charge in [-0.15, -0.1) is 23.2 Å². The predicted molar refractivity (Wildman–Crippen MR) is 196 cm³/mol. The Bertz CT molecular complexity index is 2400. The fourth-order valence-electron chi connectivity index (χ4n) is 8.73. The maximum atomic E-state index is 15.4.